The zero-order valence-corrected chi connectivity index (χ0v) is 14.0. The van der Waals surface area contributed by atoms with E-state index in [1.54, 1.807) is 26.4 Å². The van der Waals surface area contributed by atoms with Crippen LogP contribution in [0.1, 0.15) is 24.8 Å². The van der Waals surface area contributed by atoms with Crippen molar-refractivity contribution < 1.29 is 19.1 Å². The molecule has 6 nitrogen and oxygen atoms in total. The number of hydroxylamine groups is 1. The summed E-state index contributed by atoms with van der Waals surface area (Å²) in [6.45, 7) is 3.63. The Kier molecular flexibility index (Phi) is 7.16. The molecule has 0 atom stereocenters. The van der Waals surface area contributed by atoms with Crippen LogP contribution in [0.3, 0.4) is 0 Å². The predicted octanol–water partition coefficient (Wildman–Crippen LogP) is 1.78. The maximum Gasteiger partial charge on any atom is 0.247 e. The van der Waals surface area contributed by atoms with Gasteiger partial charge in [-0.25, -0.2) is 5.48 Å². The van der Waals surface area contributed by atoms with Crippen LogP contribution in [0.15, 0.2) is 18.2 Å². The number of carbonyl (C=O) groups is 1. The summed E-state index contributed by atoms with van der Waals surface area (Å²) in [5.41, 5.74) is 3.35. The van der Waals surface area contributed by atoms with Gasteiger partial charge in [-0.1, -0.05) is 12.5 Å². The molecule has 2 rings (SSSR count). The first-order chi connectivity index (χ1) is 11.2. The number of hydrogen-bond acceptors (Lipinski definition) is 5. The molecule has 23 heavy (non-hydrogen) atoms. The number of amides is 1. The third kappa shape index (κ3) is 5.73. The molecule has 1 fully saturated rings. The van der Waals surface area contributed by atoms with Gasteiger partial charge in [-0.3, -0.25) is 9.63 Å². The molecule has 1 aromatic rings. The standard InChI is InChI=1S/C17H26N2O4/c1-21-15-7-6-14(12-16(15)22-2)13-17(20)18-23-11-10-19-8-4-3-5-9-19/h6-7,12H,3-5,8-11,13H2,1-2H3,(H,18,20). The Morgan fingerprint density at radius 1 is 1.13 bits per heavy atom. The molecule has 0 radical (unpaired) electrons. The molecule has 128 valence electrons. The van der Waals surface area contributed by atoms with E-state index < -0.39 is 0 Å². The number of carbonyl (C=O) groups excluding carboxylic acids is 1. The highest BCUT2D eigenvalue weighted by Crippen LogP contribution is 2.27. The van der Waals surface area contributed by atoms with Gasteiger partial charge in [0.05, 0.1) is 27.2 Å². The van der Waals surface area contributed by atoms with Gasteiger partial charge in [-0.05, 0) is 43.6 Å². The summed E-state index contributed by atoms with van der Waals surface area (Å²) in [6.07, 6.45) is 4.07. The van der Waals surface area contributed by atoms with E-state index in [9.17, 15) is 4.79 Å². The number of rotatable bonds is 8. The van der Waals surface area contributed by atoms with Crippen LogP contribution < -0.4 is 15.0 Å². The minimum atomic E-state index is -0.170. The molecule has 0 aliphatic carbocycles. The Labute approximate surface area is 137 Å². The molecule has 1 heterocycles. The van der Waals surface area contributed by atoms with Crippen molar-refractivity contribution in [2.75, 3.05) is 40.5 Å². The lowest BCUT2D eigenvalue weighted by Crippen LogP contribution is -2.35. The Hall–Kier alpha value is -1.79. The summed E-state index contributed by atoms with van der Waals surface area (Å²) in [6, 6.07) is 5.43. The van der Waals surface area contributed by atoms with E-state index in [-0.39, 0.29) is 12.3 Å². The summed E-state index contributed by atoms with van der Waals surface area (Å²) in [7, 11) is 3.16. The van der Waals surface area contributed by atoms with Crippen LogP contribution in [0.4, 0.5) is 0 Å². The first kappa shape index (κ1) is 17.6. The van der Waals surface area contributed by atoms with Crippen LogP contribution in [0.2, 0.25) is 0 Å². The normalized spacial score (nSPS) is 15.2. The SMILES string of the molecule is COc1ccc(CC(=O)NOCCN2CCCCC2)cc1OC. The molecule has 1 saturated heterocycles. The van der Waals surface area contributed by atoms with Gasteiger partial charge in [0, 0.05) is 6.54 Å². The summed E-state index contributed by atoms with van der Waals surface area (Å²) in [4.78, 5) is 19.5. The summed E-state index contributed by atoms with van der Waals surface area (Å²) in [5.74, 6) is 1.09. The van der Waals surface area contributed by atoms with Crippen molar-refractivity contribution in [3.63, 3.8) is 0 Å². The molecule has 0 unspecified atom stereocenters. The zero-order chi connectivity index (χ0) is 16.5. The second kappa shape index (κ2) is 9.37. The van der Waals surface area contributed by atoms with E-state index in [4.69, 9.17) is 14.3 Å². The van der Waals surface area contributed by atoms with Crippen molar-refractivity contribution in [2.24, 2.45) is 0 Å². The Bertz CT molecular complexity index is 501. The van der Waals surface area contributed by atoms with Crippen LogP contribution in [0, 0.1) is 0 Å². The smallest absolute Gasteiger partial charge is 0.247 e. The topological polar surface area (TPSA) is 60.0 Å². The van der Waals surface area contributed by atoms with Crippen LogP contribution in [0.25, 0.3) is 0 Å². The fourth-order valence-electron chi connectivity index (χ4n) is 2.70. The lowest BCUT2D eigenvalue weighted by atomic mass is 10.1. The van der Waals surface area contributed by atoms with E-state index in [0.29, 0.717) is 18.1 Å². The van der Waals surface area contributed by atoms with Gasteiger partial charge in [0.1, 0.15) is 0 Å². The molecule has 6 heteroatoms. The highest BCUT2D eigenvalue weighted by Gasteiger charge is 2.11. The fraction of sp³-hybridized carbons (Fsp3) is 0.588. The number of piperidine rings is 1. The molecule has 0 spiro atoms. The van der Waals surface area contributed by atoms with Crippen LogP contribution in [-0.2, 0) is 16.1 Å². The van der Waals surface area contributed by atoms with Gasteiger partial charge in [-0.15, -0.1) is 0 Å². The molecule has 0 saturated carbocycles. The molecule has 0 bridgehead atoms. The predicted molar refractivity (Wildman–Crippen MR) is 87.6 cm³/mol. The second-order valence-corrected chi connectivity index (χ2v) is 5.64. The average molecular weight is 322 g/mol. The Morgan fingerprint density at radius 3 is 2.57 bits per heavy atom. The minimum Gasteiger partial charge on any atom is -0.493 e. The largest absolute Gasteiger partial charge is 0.493 e. The molecule has 1 amide bonds. The van der Waals surface area contributed by atoms with Crippen LogP contribution in [-0.4, -0.2) is 51.3 Å². The maximum atomic E-state index is 11.9. The van der Waals surface area contributed by atoms with Gasteiger partial charge >= 0.3 is 0 Å². The minimum absolute atomic E-state index is 0.170. The molecule has 1 aliphatic rings. The number of nitrogens with zero attached hydrogens (tertiary/aromatic N) is 1. The van der Waals surface area contributed by atoms with Gasteiger partial charge in [0.25, 0.3) is 0 Å². The summed E-state index contributed by atoms with van der Waals surface area (Å²) >= 11 is 0. The Balaban J connectivity index is 1.69. The molecule has 1 aliphatic heterocycles. The van der Waals surface area contributed by atoms with E-state index >= 15 is 0 Å². The molecule has 1 N–H and O–H groups in total. The van der Waals surface area contributed by atoms with Crippen molar-refractivity contribution in [3.8, 4) is 11.5 Å². The second-order valence-electron chi connectivity index (χ2n) is 5.64. The van der Waals surface area contributed by atoms with Crippen molar-refractivity contribution in [3.05, 3.63) is 23.8 Å². The first-order valence-electron chi connectivity index (χ1n) is 8.07. The highest BCUT2D eigenvalue weighted by molar-refractivity contribution is 5.77. The van der Waals surface area contributed by atoms with E-state index in [2.05, 4.69) is 10.4 Å². The Morgan fingerprint density at radius 2 is 1.87 bits per heavy atom. The molecule has 1 aromatic carbocycles. The van der Waals surface area contributed by atoms with E-state index in [1.165, 1.54) is 19.3 Å². The number of methoxy groups -OCH3 is 2. The molecular weight excluding hydrogens is 296 g/mol. The van der Waals surface area contributed by atoms with Crippen molar-refractivity contribution in [1.29, 1.82) is 0 Å². The first-order valence-corrected chi connectivity index (χ1v) is 8.07. The van der Waals surface area contributed by atoms with Gasteiger partial charge < -0.3 is 14.4 Å². The van der Waals surface area contributed by atoms with E-state index in [0.717, 1.165) is 25.2 Å². The van der Waals surface area contributed by atoms with Crippen LogP contribution >= 0.6 is 0 Å². The molecular formula is C17H26N2O4. The summed E-state index contributed by atoms with van der Waals surface area (Å²) < 4.78 is 10.4. The third-order valence-corrected chi connectivity index (χ3v) is 3.96. The van der Waals surface area contributed by atoms with Gasteiger partial charge in [0.15, 0.2) is 11.5 Å². The van der Waals surface area contributed by atoms with E-state index in [1.807, 2.05) is 6.07 Å². The number of ether oxygens (including phenoxy) is 2. The fourth-order valence-corrected chi connectivity index (χ4v) is 2.70. The quantitative estimate of drug-likeness (QED) is 0.584. The monoisotopic (exact) mass is 322 g/mol. The number of nitrogens with one attached hydrogen (secondary N) is 1. The van der Waals surface area contributed by atoms with Crippen molar-refractivity contribution in [1.82, 2.24) is 10.4 Å². The van der Waals surface area contributed by atoms with Crippen molar-refractivity contribution >= 4 is 5.91 Å². The average Bonchev–Trinajstić information content (AvgIpc) is 2.59. The number of likely N-dealkylation sites (tertiary alicyclic amines) is 1. The molecule has 0 aromatic heterocycles. The highest BCUT2D eigenvalue weighted by atomic mass is 16.6. The number of hydrogen-bond donors (Lipinski definition) is 1. The van der Waals surface area contributed by atoms with Gasteiger partial charge in [0.2, 0.25) is 5.91 Å². The van der Waals surface area contributed by atoms with Crippen LogP contribution in [0.5, 0.6) is 11.5 Å². The summed E-state index contributed by atoms with van der Waals surface area (Å²) in [5, 5.41) is 0. The lowest BCUT2D eigenvalue weighted by Gasteiger charge is -2.25. The lowest BCUT2D eigenvalue weighted by molar-refractivity contribution is -0.133. The zero-order valence-electron chi connectivity index (χ0n) is 14.0. The van der Waals surface area contributed by atoms with Gasteiger partial charge in [-0.2, -0.15) is 0 Å². The number of benzene rings is 1. The maximum absolute atomic E-state index is 11.9. The van der Waals surface area contributed by atoms with Crippen molar-refractivity contribution in [2.45, 2.75) is 25.7 Å². The third-order valence-electron chi connectivity index (χ3n) is 3.96.